The normalized spacial score (nSPS) is 15.8. The number of rotatable bonds is 5. The summed E-state index contributed by atoms with van der Waals surface area (Å²) in [4.78, 5) is 28.2. The summed E-state index contributed by atoms with van der Waals surface area (Å²) in [5, 5.41) is 0. The first-order valence-electron chi connectivity index (χ1n) is 8.01. The number of hydrogen-bond donors (Lipinski definition) is 1. The first kappa shape index (κ1) is 18.1. The summed E-state index contributed by atoms with van der Waals surface area (Å²) in [6.07, 6.45) is 0.334. The van der Waals surface area contributed by atoms with Crippen LogP contribution in [0.15, 0.2) is 18.2 Å². The zero-order valence-corrected chi connectivity index (χ0v) is 14.4. The van der Waals surface area contributed by atoms with Gasteiger partial charge in [-0.1, -0.05) is 0 Å². The highest BCUT2D eigenvalue weighted by molar-refractivity contribution is 5.97. The van der Waals surface area contributed by atoms with E-state index in [0.717, 1.165) is 0 Å². The third-order valence-corrected chi connectivity index (χ3v) is 4.06. The van der Waals surface area contributed by atoms with E-state index in [-0.39, 0.29) is 17.9 Å². The largest absolute Gasteiger partial charge is 0.497 e. The number of benzene rings is 1. The molecule has 0 saturated carbocycles. The molecule has 24 heavy (non-hydrogen) atoms. The van der Waals surface area contributed by atoms with Crippen LogP contribution in [0, 0.1) is 0 Å². The molecule has 132 valence electrons. The molecule has 1 fully saturated rings. The van der Waals surface area contributed by atoms with Crippen molar-refractivity contribution >= 4 is 11.8 Å². The molecule has 2 rings (SSSR count). The third-order valence-electron chi connectivity index (χ3n) is 4.06. The van der Waals surface area contributed by atoms with Gasteiger partial charge in [-0.3, -0.25) is 9.59 Å². The molecule has 1 aromatic rings. The van der Waals surface area contributed by atoms with E-state index in [1.807, 2.05) is 6.92 Å². The fourth-order valence-corrected chi connectivity index (χ4v) is 2.71. The van der Waals surface area contributed by atoms with Crippen LogP contribution in [0.3, 0.4) is 0 Å². The van der Waals surface area contributed by atoms with Gasteiger partial charge in [0.2, 0.25) is 5.91 Å². The van der Waals surface area contributed by atoms with Crippen LogP contribution >= 0.6 is 0 Å². The smallest absolute Gasteiger partial charge is 0.257 e. The van der Waals surface area contributed by atoms with Gasteiger partial charge in [0, 0.05) is 44.7 Å². The summed E-state index contributed by atoms with van der Waals surface area (Å²) in [6.45, 7) is 3.86. The summed E-state index contributed by atoms with van der Waals surface area (Å²) >= 11 is 0. The van der Waals surface area contributed by atoms with Crippen LogP contribution < -0.4 is 15.2 Å². The van der Waals surface area contributed by atoms with Crippen molar-refractivity contribution < 1.29 is 19.1 Å². The Morgan fingerprint density at radius 1 is 1.12 bits per heavy atom. The number of carbonyl (C=O) groups is 2. The quantitative estimate of drug-likeness (QED) is 0.857. The topological polar surface area (TPSA) is 85.1 Å². The summed E-state index contributed by atoms with van der Waals surface area (Å²) in [5.74, 6) is 1.05. The highest BCUT2D eigenvalue weighted by atomic mass is 16.5. The first-order valence-corrected chi connectivity index (χ1v) is 8.01. The lowest BCUT2D eigenvalue weighted by molar-refractivity contribution is -0.132. The number of piperazine rings is 1. The van der Waals surface area contributed by atoms with Gasteiger partial charge in [-0.2, -0.15) is 0 Å². The van der Waals surface area contributed by atoms with Gasteiger partial charge in [-0.05, 0) is 19.1 Å². The van der Waals surface area contributed by atoms with Crippen LogP contribution in [0.1, 0.15) is 23.7 Å². The highest BCUT2D eigenvalue weighted by Gasteiger charge is 2.26. The van der Waals surface area contributed by atoms with Gasteiger partial charge in [0.05, 0.1) is 19.8 Å². The van der Waals surface area contributed by atoms with Crippen LogP contribution in [-0.4, -0.2) is 68.1 Å². The van der Waals surface area contributed by atoms with Crippen LogP contribution in [0.25, 0.3) is 0 Å². The van der Waals surface area contributed by atoms with E-state index in [0.29, 0.717) is 49.7 Å². The van der Waals surface area contributed by atoms with Crippen molar-refractivity contribution in [1.82, 2.24) is 9.80 Å². The Balaban J connectivity index is 2.01. The summed E-state index contributed by atoms with van der Waals surface area (Å²) in [6, 6.07) is 4.97. The zero-order chi connectivity index (χ0) is 17.7. The molecule has 7 nitrogen and oxygen atoms in total. The maximum absolute atomic E-state index is 12.7. The summed E-state index contributed by atoms with van der Waals surface area (Å²) in [5.41, 5.74) is 6.17. The molecular weight excluding hydrogens is 310 g/mol. The van der Waals surface area contributed by atoms with Gasteiger partial charge in [-0.15, -0.1) is 0 Å². The summed E-state index contributed by atoms with van der Waals surface area (Å²) in [7, 11) is 3.09. The number of carbonyl (C=O) groups excluding carboxylic acids is 2. The monoisotopic (exact) mass is 335 g/mol. The van der Waals surface area contributed by atoms with Crippen molar-refractivity contribution in [2.45, 2.75) is 19.4 Å². The number of nitrogens with two attached hydrogens (primary N) is 1. The molecule has 2 amide bonds. The van der Waals surface area contributed by atoms with Crippen molar-refractivity contribution in [3.63, 3.8) is 0 Å². The van der Waals surface area contributed by atoms with Crippen molar-refractivity contribution in [3.05, 3.63) is 23.8 Å². The van der Waals surface area contributed by atoms with Gasteiger partial charge in [0.25, 0.3) is 5.91 Å². The van der Waals surface area contributed by atoms with E-state index in [1.54, 1.807) is 35.1 Å². The standard InChI is InChI=1S/C17H25N3O4/c1-12(18)10-16(21)19-6-8-20(9-7-19)17(22)14-5-4-13(23-2)11-15(14)24-3/h4-5,11-12H,6-10,18H2,1-3H3. The molecule has 1 atom stereocenters. The second kappa shape index (κ2) is 8.01. The van der Waals surface area contributed by atoms with Crippen LogP contribution in [-0.2, 0) is 4.79 Å². The Morgan fingerprint density at radius 2 is 1.75 bits per heavy atom. The maximum atomic E-state index is 12.7. The fraction of sp³-hybridized carbons (Fsp3) is 0.529. The van der Waals surface area contributed by atoms with Crippen LogP contribution in [0.5, 0.6) is 11.5 Å². The van der Waals surface area contributed by atoms with Crippen molar-refractivity contribution in [2.75, 3.05) is 40.4 Å². The number of methoxy groups -OCH3 is 2. The van der Waals surface area contributed by atoms with E-state index >= 15 is 0 Å². The van der Waals surface area contributed by atoms with E-state index in [2.05, 4.69) is 0 Å². The predicted octanol–water partition coefficient (Wildman–Crippen LogP) is 0.726. The lowest BCUT2D eigenvalue weighted by Gasteiger charge is -2.35. The van der Waals surface area contributed by atoms with Crippen molar-refractivity contribution in [1.29, 1.82) is 0 Å². The molecule has 0 aromatic heterocycles. The molecule has 0 aliphatic carbocycles. The Labute approximate surface area is 142 Å². The molecule has 1 unspecified atom stereocenters. The molecule has 0 spiro atoms. The minimum absolute atomic E-state index is 0.0409. The fourth-order valence-electron chi connectivity index (χ4n) is 2.71. The minimum Gasteiger partial charge on any atom is -0.497 e. The van der Waals surface area contributed by atoms with Crippen molar-refractivity contribution in [3.8, 4) is 11.5 Å². The predicted molar refractivity (Wildman–Crippen MR) is 90.3 cm³/mol. The molecule has 1 aliphatic rings. The summed E-state index contributed by atoms with van der Waals surface area (Å²) < 4.78 is 10.4. The highest BCUT2D eigenvalue weighted by Crippen LogP contribution is 2.26. The Kier molecular flexibility index (Phi) is 6.03. The third kappa shape index (κ3) is 4.17. The lowest BCUT2D eigenvalue weighted by atomic mass is 10.1. The van der Waals surface area contributed by atoms with E-state index < -0.39 is 0 Å². The van der Waals surface area contributed by atoms with Gasteiger partial charge in [0.15, 0.2) is 0 Å². The van der Waals surface area contributed by atoms with Gasteiger partial charge >= 0.3 is 0 Å². The minimum atomic E-state index is -0.152. The maximum Gasteiger partial charge on any atom is 0.257 e. The van der Waals surface area contributed by atoms with E-state index in [9.17, 15) is 9.59 Å². The van der Waals surface area contributed by atoms with E-state index in [1.165, 1.54) is 7.11 Å². The molecule has 0 radical (unpaired) electrons. The first-order chi connectivity index (χ1) is 11.5. The molecular formula is C17H25N3O4. The molecule has 7 heteroatoms. The molecule has 1 saturated heterocycles. The van der Waals surface area contributed by atoms with Gasteiger partial charge in [-0.25, -0.2) is 0 Å². The van der Waals surface area contributed by atoms with Crippen LogP contribution in [0.4, 0.5) is 0 Å². The number of ether oxygens (including phenoxy) is 2. The SMILES string of the molecule is COc1ccc(C(=O)N2CCN(C(=O)CC(C)N)CC2)c(OC)c1. The molecule has 1 aliphatic heterocycles. The lowest BCUT2D eigenvalue weighted by Crippen LogP contribution is -2.51. The number of hydrogen-bond acceptors (Lipinski definition) is 5. The van der Waals surface area contributed by atoms with Crippen LogP contribution in [0.2, 0.25) is 0 Å². The average molecular weight is 335 g/mol. The average Bonchev–Trinajstić information content (AvgIpc) is 2.60. The van der Waals surface area contributed by atoms with Gasteiger partial charge < -0.3 is 25.0 Å². The van der Waals surface area contributed by atoms with E-state index in [4.69, 9.17) is 15.2 Å². The number of nitrogens with zero attached hydrogens (tertiary/aromatic N) is 2. The second-order valence-corrected chi connectivity index (χ2v) is 5.92. The van der Waals surface area contributed by atoms with Crippen molar-refractivity contribution in [2.24, 2.45) is 5.73 Å². The number of amides is 2. The Bertz CT molecular complexity index is 595. The molecule has 2 N–H and O–H groups in total. The zero-order valence-electron chi connectivity index (χ0n) is 14.4. The Hall–Kier alpha value is -2.28. The molecule has 0 bridgehead atoms. The second-order valence-electron chi connectivity index (χ2n) is 5.92. The molecule has 1 heterocycles. The Morgan fingerprint density at radius 3 is 2.29 bits per heavy atom. The molecule has 1 aromatic carbocycles. The van der Waals surface area contributed by atoms with Gasteiger partial charge in [0.1, 0.15) is 11.5 Å².